The van der Waals surface area contributed by atoms with Crippen molar-refractivity contribution in [1.29, 1.82) is 0 Å². The first-order valence-electron chi connectivity index (χ1n) is 8.65. The van der Waals surface area contributed by atoms with Crippen molar-refractivity contribution < 1.29 is 4.79 Å². The monoisotopic (exact) mass is 410 g/mol. The number of carbonyl (C=O) groups is 1. The molecule has 1 atom stereocenters. The summed E-state index contributed by atoms with van der Waals surface area (Å²) in [5.41, 5.74) is 2.81. The molecule has 3 rings (SSSR count). The van der Waals surface area contributed by atoms with Gasteiger partial charge in [0.25, 0.3) is 0 Å². The van der Waals surface area contributed by atoms with Crippen molar-refractivity contribution >= 4 is 46.4 Å². The average molecular weight is 412 g/mol. The van der Waals surface area contributed by atoms with Crippen LogP contribution in [0, 0.1) is 12.8 Å². The van der Waals surface area contributed by atoms with Crippen LogP contribution in [0.2, 0.25) is 15.1 Å². The molecule has 3 nitrogen and oxygen atoms in total. The molecule has 0 saturated carbocycles. The maximum absolute atomic E-state index is 12.7. The predicted octanol–water partition coefficient (Wildman–Crippen LogP) is 5.81. The second-order valence-electron chi connectivity index (χ2n) is 6.76. The fourth-order valence-electron chi connectivity index (χ4n) is 3.31. The van der Waals surface area contributed by atoms with Gasteiger partial charge in [-0.2, -0.15) is 0 Å². The van der Waals surface area contributed by atoms with Crippen LogP contribution in [0.5, 0.6) is 0 Å². The summed E-state index contributed by atoms with van der Waals surface area (Å²) in [5, 5.41) is 5.01. The second-order valence-corrected chi connectivity index (χ2v) is 8.04. The summed E-state index contributed by atoms with van der Waals surface area (Å²) in [7, 11) is 0. The van der Waals surface area contributed by atoms with Gasteiger partial charge in [-0.3, -0.25) is 9.69 Å². The van der Waals surface area contributed by atoms with Crippen molar-refractivity contribution in [2.75, 3.05) is 18.4 Å². The van der Waals surface area contributed by atoms with Crippen molar-refractivity contribution in [3.8, 4) is 0 Å². The quantitative estimate of drug-likeness (QED) is 0.689. The average Bonchev–Trinajstić information content (AvgIpc) is 2.60. The number of halogens is 3. The summed E-state index contributed by atoms with van der Waals surface area (Å²) in [6.07, 6.45) is 1.88. The number of amides is 1. The van der Waals surface area contributed by atoms with Gasteiger partial charge < -0.3 is 5.32 Å². The van der Waals surface area contributed by atoms with Crippen LogP contribution in [0.15, 0.2) is 36.4 Å². The summed E-state index contributed by atoms with van der Waals surface area (Å²) in [6, 6.07) is 11.1. The van der Waals surface area contributed by atoms with Crippen LogP contribution < -0.4 is 5.32 Å². The van der Waals surface area contributed by atoms with Gasteiger partial charge in [0.05, 0.1) is 5.92 Å². The Bertz CT molecular complexity index is 810. The van der Waals surface area contributed by atoms with Crippen molar-refractivity contribution in [3.05, 3.63) is 62.6 Å². The molecule has 1 amide bonds. The largest absolute Gasteiger partial charge is 0.326 e. The van der Waals surface area contributed by atoms with E-state index in [1.807, 2.05) is 31.2 Å². The van der Waals surface area contributed by atoms with E-state index in [0.29, 0.717) is 15.1 Å². The lowest BCUT2D eigenvalue weighted by atomic mass is 9.96. The molecule has 1 saturated heterocycles. The first-order valence-corrected chi connectivity index (χ1v) is 9.79. The van der Waals surface area contributed by atoms with Gasteiger partial charge in [-0.1, -0.05) is 40.9 Å². The van der Waals surface area contributed by atoms with Crippen LogP contribution in [-0.4, -0.2) is 23.9 Å². The number of aryl methyl sites for hydroxylation is 1. The number of hydrogen-bond acceptors (Lipinski definition) is 2. The SMILES string of the molecule is Cc1cc(Cl)ccc1NC(=O)C1CCCN(Cc2ccc(Cl)cc2Cl)C1. The lowest BCUT2D eigenvalue weighted by Gasteiger charge is -2.32. The fourth-order valence-corrected chi connectivity index (χ4v) is 4.00. The highest BCUT2D eigenvalue weighted by Crippen LogP contribution is 2.26. The maximum atomic E-state index is 12.7. The Hall–Kier alpha value is -1.26. The normalized spacial score (nSPS) is 17.9. The predicted molar refractivity (Wildman–Crippen MR) is 109 cm³/mol. The van der Waals surface area contributed by atoms with Crippen LogP contribution >= 0.6 is 34.8 Å². The zero-order valence-corrected chi connectivity index (χ0v) is 16.8. The molecule has 0 bridgehead atoms. The number of nitrogens with zero attached hydrogens (tertiary/aromatic N) is 1. The van der Waals surface area contributed by atoms with Crippen LogP contribution in [0.3, 0.4) is 0 Å². The Labute approximate surface area is 169 Å². The minimum absolute atomic E-state index is 0.0371. The van der Waals surface area contributed by atoms with Gasteiger partial charge in [0.2, 0.25) is 5.91 Å². The minimum atomic E-state index is -0.0371. The standard InChI is InChI=1S/C20H21Cl3N2O/c1-13-9-16(21)6-7-19(13)24-20(26)15-3-2-8-25(12-15)11-14-4-5-17(22)10-18(14)23/h4-7,9-10,15H,2-3,8,11-12H2,1H3,(H,24,26). The number of likely N-dealkylation sites (tertiary alicyclic amines) is 1. The molecule has 1 N–H and O–H groups in total. The molecule has 26 heavy (non-hydrogen) atoms. The van der Waals surface area contributed by atoms with E-state index in [1.54, 1.807) is 12.1 Å². The highest BCUT2D eigenvalue weighted by molar-refractivity contribution is 6.35. The molecule has 1 aliphatic rings. The Kier molecular flexibility index (Phi) is 6.46. The maximum Gasteiger partial charge on any atom is 0.228 e. The summed E-state index contributed by atoms with van der Waals surface area (Å²) in [5.74, 6) is 0.0206. The van der Waals surface area contributed by atoms with Crippen molar-refractivity contribution in [2.45, 2.75) is 26.3 Å². The third kappa shape index (κ3) is 4.92. The van der Waals surface area contributed by atoms with Gasteiger partial charge in [-0.25, -0.2) is 0 Å². The third-order valence-electron chi connectivity index (χ3n) is 4.73. The molecule has 1 heterocycles. The van der Waals surface area contributed by atoms with E-state index in [9.17, 15) is 4.79 Å². The van der Waals surface area contributed by atoms with Gasteiger partial charge in [0.15, 0.2) is 0 Å². The molecule has 2 aromatic carbocycles. The van der Waals surface area contributed by atoms with Gasteiger partial charge in [0.1, 0.15) is 0 Å². The van der Waals surface area contributed by atoms with Gasteiger partial charge in [-0.05, 0) is 67.8 Å². The second kappa shape index (κ2) is 8.62. The Morgan fingerprint density at radius 3 is 2.62 bits per heavy atom. The molecule has 6 heteroatoms. The molecule has 1 fully saturated rings. The van der Waals surface area contributed by atoms with E-state index in [-0.39, 0.29) is 11.8 Å². The minimum Gasteiger partial charge on any atom is -0.326 e. The highest BCUT2D eigenvalue weighted by Gasteiger charge is 2.26. The van der Waals surface area contributed by atoms with Crippen LogP contribution in [0.25, 0.3) is 0 Å². The van der Waals surface area contributed by atoms with E-state index in [0.717, 1.165) is 49.3 Å². The van der Waals surface area contributed by atoms with Crippen molar-refractivity contribution in [2.24, 2.45) is 5.92 Å². The molecule has 0 aromatic heterocycles. The lowest BCUT2D eigenvalue weighted by Crippen LogP contribution is -2.40. The molecule has 1 unspecified atom stereocenters. The van der Waals surface area contributed by atoms with E-state index < -0.39 is 0 Å². The number of anilines is 1. The summed E-state index contributed by atoms with van der Waals surface area (Å²) >= 11 is 18.2. The molecule has 1 aliphatic heterocycles. The van der Waals surface area contributed by atoms with Gasteiger partial charge in [0, 0.05) is 33.8 Å². The van der Waals surface area contributed by atoms with Crippen LogP contribution in [-0.2, 0) is 11.3 Å². The Morgan fingerprint density at radius 1 is 1.15 bits per heavy atom. The zero-order valence-electron chi connectivity index (χ0n) is 14.6. The first-order chi connectivity index (χ1) is 12.4. The summed E-state index contributed by atoms with van der Waals surface area (Å²) < 4.78 is 0. The molecule has 0 aliphatic carbocycles. The zero-order chi connectivity index (χ0) is 18.7. The van der Waals surface area contributed by atoms with Crippen molar-refractivity contribution in [1.82, 2.24) is 4.90 Å². The van der Waals surface area contributed by atoms with Crippen LogP contribution in [0.1, 0.15) is 24.0 Å². The van der Waals surface area contributed by atoms with Crippen molar-refractivity contribution in [3.63, 3.8) is 0 Å². The fraction of sp³-hybridized carbons (Fsp3) is 0.350. The van der Waals surface area contributed by atoms with Gasteiger partial charge >= 0.3 is 0 Å². The third-order valence-corrected chi connectivity index (χ3v) is 5.55. The summed E-state index contributed by atoms with van der Waals surface area (Å²) in [6.45, 7) is 4.34. The topological polar surface area (TPSA) is 32.3 Å². The molecular formula is C20H21Cl3N2O. The van der Waals surface area contributed by atoms with E-state index in [1.165, 1.54) is 0 Å². The number of hydrogen-bond donors (Lipinski definition) is 1. The molecule has 138 valence electrons. The molecule has 0 spiro atoms. The Balaban J connectivity index is 1.63. The van der Waals surface area contributed by atoms with E-state index in [4.69, 9.17) is 34.8 Å². The van der Waals surface area contributed by atoms with Crippen LogP contribution in [0.4, 0.5) is 5.69 Å². The molecule has 2 aromatic rings. The smallest absolute Gasteiger partial charge is 0.228 e. The number of benzene rings is 2. The Morgan fingerprint density at radius 2 is 1.88 bits per heavy atom. The molecule has 0 radical (unpaired) electrons. The number of rotatable bonds is 4. The number of nitrogens with one attached hydrogen (secondary N) is 1. The lowest BCUT2D eigenvalue weighted by molar-refractivity contribution is -0.121. The first kappa shape index (κ1) is 19.5. The van der Waals surface area contributed by atoms with E-state index in [2.05, 4.69) is 10.2 Å². The highest BCUT2D eigenvalue weighted by atomic mass is 35.5. The summed E-state index contributed by atoms with van der Waals surface area (Å²) in [4.78, 5) is 15.0. The van der Waals surface area contributed by atoms with E-state index >= 15 is 0 Å². The van der Waals surface area contributed by atoms with Gasteiger partial charge in [-0.15, -0.1) is 0 Å². The number of piperidine rings is 1. The number of carbonyl (C=O) groups excluding carboxylic acids is 1. The molecular weight excluding hydrogens is 391 g/mol.